The molecular formula is C25H31N3O5S2. The first-order valence-corrected chi connectivity index (χ1v) is 13.2. The van der Waals surface area contributed by atoms with Crippen LogP contribution in [0.3, 0.4) is 0 Å². The topological polar surface area (TPSA) is 97.0 Å². The molecule has 0 unspecified atom stereocenters. The lowest BCUT2D eigenvalue weighted by molar-refractivity contribution is -0.115. The summed E-state index contributed by atoms with van der Waals surface area (Å²) in [5.74, 6) is 0.743. The smallest absolute Gasteiger partial charge is 0.250 e. The molecule has 0 radical (unpaired) electrons. The highest BCUT2D eigenvalue weighted by Crippen LogP contribution is 2.28. The fraction of sp³-hybridized carbons (Fsp3) is 0.360. The van der Waals surface area contributed by atoms with E-state index in [0.29, 0.717) is 17.2 Å². The molecule has 1 aliphatic rings. The van der Waals surface area contributed by atoms with Gasteiger partial charge >= 0.3 is 0 Å². The number of rotatable bonds is 8. The maximum absolute atomic E-state index is 13.0. The zero-order valence-electron chi connectivity index (χ0n) is 20.1. The van der Waals surface area contributed by atoms with Crippen molar-refractivity contribution in [3.05, 3.63) is 54.1 Å². The second kappa shape index (κ2) is 12.1. The highest BCUT2D eigenvalue weighted by molar-refractivity contribution is 7.89. The summed E-state index contributed by atoms with van der Waals surface area (Å²) in [5.41, 5.74) is 1.32. The van der Waals surface area contributed by atoms with E-state index >= 15 is 0 Å². The van der Waals surface area contributed by atoms with Crippen molar-refractivity contribution in [3.63, 3.8) is 0 Å². The number of hydrogen-bond donors (Lipinski definition) is 2. The van der Waals surface area contributed by atoms with Crippen LogP contribution in [-0.2, 0) is 14.8 Å². The van der Waals surface area contributed by atoms with Crippen molar-refractivity contribution < 1.29 is 22.7 Å². The van der Waals surface area contributed by atoms with Gasteiger partial charge in [0.25, 0.3) is 0 Å². The summed E-state index contributed by atoms with van der Waals surface area (Å²) < 4.78 is 37.9. The Kier molecular flexibility index (Phi) is 9.25. The molecule has 0 heterocycles. The molecule has 3 rings (SSSR count). The van der Waals surface area contributed by atoms with E-state index in [0.717, 1.165) is 37.7 Å². The Morgan fingerprint density at radius 2 is 1.69 bits per heavy atom. The molecule has 1 fully saturated rings. The fourth-order valence-electron chi connectivity index (χ4n) is 3.96. The van der Waals surface area contributed by atoms with Crippen LogP contribution < -0.4 is 20.1 Å². The molecule has 1 aliphatic carbocycles. The number of anilines is 1. The molecule has 8 nitrogen and oxygen atoms in total. The number of nitrogens with zero attached hydrogens (tertiary/aromatic N) is 1. The molecule has 0 atom stereocenters. The normalized spacial score (nSPS) is 14.6. The van der Waals surface area contributed by atoms with E-state index < -0.39 is 15.9 Å². The summed E-state index contributed by atoms with van der Waals surface area (Å²) in [6.07, 6.45) is 8.04. The average molecular weight is 518 g/mol. The first-order valence-electron chi connectivity index (χ1n) is 11.3. The Bertz CT molecular complexity index is 1170. The third-order valence-corrected chi connectivity index (χ3v) is 8.08. The predicted molar refractivity (Wildman–Crippen MR) is 141 cm³/mol. The standard InChI is InChI=1S/C25H31N3O5S2/c1-28(20-7-5-4-6-8-20)35(30,31)21-13-11-19(12-14-21)26-25(34)27-24(29)16-10-18-9-15-22(32-2)23(17-18)33-3/h9-17,20H,4-8H2,1-3H3,(H2,26,27,29,34). The molecule has 10 heteroatoms. The van der Waals surface area contributed by atoms with Crippen LogP contribution in [0.15, 0.2) is 53.4 Å². The van der Waals surface area contributed by atoms with E-state index in [1.165, 1.54) is 10.4 Å². The van der Waals surface area contributed by atoms with Gasteiger partial charge in [-0.1, -0.05) is 25.3 Å². The van der Waals surface area contributed by atoms with Crippen LogP contribution in [-0.4, -0.2) is 51.1 Å². The fourth-order valence-corrected chi connectivity index (χ4v) is 5.60. The van der Waals surface area contributed by atoms with Crippen molar-refractivity contribution in [2.24, 2.45) is 0 Å². The van der Waals surface area contributed by atoms with Crippen molar-refractivity contribution >= 4 is 45.0 Å². The van der Waals surface area contributed by atoms with Crippen molar-refractivity contribution in [2.45, 2.75) is 43.0 Å². The summed E-state index contributed by atoms with van der Waals surface area (Å²) >= 11 is 5.21. The largest absolute Gasteiger partial charge is 0.493 e. The number of thiocarbonyl (C=S) groups is 1. The van der Waals surface area contributed by atoms with Crippen LogP contribution in [0.1, 0.15) is 37.7 Å². The van der Waals surface area contributed by atoms with Crippen molar-refractivity contribution in [3.8, 4) is 11.5 Å². The van der Waals surface area contributed by atoms with Gasteiger partial charge in [0.15, 0.2) is 16.6 Å². The molecule has 0 aromatic heterocycles. The Morgan fingerprint density at radius 3 is 2.31 bits per heavy atom. The van der Waals surface area contributed by atoms with E-state index in [1.54, 1.807) is 69.8 Å². The first kappa shape index (κ1) is 26.7. The number of ether oxygens (including phenoxy) is 2. The van der Waals surface area contributed by atoms with Gasteiger partial charge < -0.3 is 14.8 Å². The quantitative estimate of drug-likeness (QED) is 0.400. The molecule has 2 aromatic carbocycles. The van der Waals surface area contributed by atoms with Crippen LogP contribution in [0.2, 0.25) is 0 Å². The molecule has 0 aliphatic heterocycles. The lowest BCUT2D eigenvalue weighted by Gasteiger charge is -2.30. The molecular weight excluding hydrogens is 486 g/mol. The molecule has 0 bridgehead atoms. The summed E-state index contributed by atoms with van der Waals surface area (Å²) in [4.78, 5) is 12.5. The Morgan fingerprint density at radius 1 is 1.03 bits per heavy atom. The van der Waals surface area contributed by atoms with Crippen molar-refractivity contribution in [2.75, 3.05) is 26.6 Å². The average Bonchev–Trinajstić information content (AvgIpc) is 2.87. The zero-order chi connectivity index (χ0) is 25.4. The summed E-state index contributed by atoms with van der Waals surface area (Å²) in [7, 11) is 1.17. The number of sulfonamides is 1. The van der Waals surface area contributed by atoms with Gasteiger partial charge in [0, 0.05) is 24.9 Å². The van der Waals surface area contributed by atoms with Crippen LogP contribution in [0.25, 0.3) is 6.08 Å². The third-order valence-electron chi connectivity index (χ3n) is 5.95. The van der Waals surface area contributed by atoms with Gasteiger partial charge in [-0.15, -0.1) is 0 Å². The van der Waals surface area contributed by atoms with Crippen molar-refractivity contribution in [1.82, 2.24) is 9.62 Å². The monoisotopic (exact) mass is 517 g/mol. The SMILES string of the molecule is COc1ccc(C=CC(=O)NC(=S)Nc2ccc(S(=O)(=O)N(C)C3CCCCC3)cc2)cc1OC. The summed E-state index contributed by atoms with van der Waals surface area (Å²) in [6.45, 7) is 0. The molecule has 188 valence electrons. The zero-order valence-corrected chi connectivity index (χ0v) is 21.7. The number of methoxy groups -OCH3 is 2. The molecule has 0 saturated heterocycles. The molecule has 2 N–H and O–H groups in total. The third kappa shape index (κ3) is 7.03. The lowest BCUT2D eigenvalue weighted by atomic mass is 9.96. The van der Waals surface area contributed by atoms with Gasteiger partial charge in [0.2, 0.25) is 15.9 Å². The number of amides is 1. The van der Waals surface area contributed by atoms with E-state index in [2.05, 4.69) is 10.6 Å². The molecule has 2 aromatic rings. The van der Waals surface area contributed by atoms with Crippen LogP contribution >= 0.6 is 12.2 Å². The van der Waals surface area contributed by atoms with Gasteiger partial charge in [-0.05, 0) is 73.1 Å². The van der Waals surface area contributed by atoms with Gasteiger partial charge in [-0.2, -0.15) is 4.31 Å². The molecule has 0 spiro atoms. The van der Waals surface area contributed by atoms with Gasteiger partial charge in [-0.3, -0.25) is 10.1 Å². The van der Waals surface area contributed by atoms with Crippen molar-refractivity contribution in [1.29, 1.82) is 0 Å². The summed E-state index contributed by atoms with van der Waals surface area (Å²) in [5, 5.41) is 5.56. The highest BCUT2D eigenvalue weighted by atomic mass is 32.2. The maximum Gasteiger partial charge on any atom is 0.250 e. The summed E-state index contributed by atoms with van der Waals surface area (Å²) in [6, 6.07) is 11.7. The number of hydrogen-bond acceptors (Lipinski definition) is 6. The van der Waals surface area contributed by atoms with E-state index in [1.807, 2.05) is 0 Å². The van der Waals surface area contributed by atoms with E-state index in [4.69, 9.17) is 21.7 Å². The van der Waals surface area contributed by atoms with Gasteiger partial charge in [-0.25, -0.2) is 8.42 Å². The Balaban J connectivity index is 1.56. The minimum atomic E-state index is -3.57. The second-order valence-corrected chi connectivity index (χ2v) is 10.6. The van der Waals surface area contributed by atoms with Gasteiger partial charge in [0.1, 0.15) is 0 Å². The molecule has 1 amide bonds. The number of nitrogens with one attached hydrogen (secondary N) is 2. The number of carbonyl (C=O) groups excluding carboxylic acids is 1. The highest BCUT2D eigenvalue weighted by Gasteiger charge is 2.28. The van der Waals surface area contributed by atoms with Gasteiger partial charge in [0.05, 0.1) is 19.1 Å². The number of benzene rings is 2. The Hall–Kier alpha value is -2.95. The lowest BCUT2D eigenvalue weighted by Crippen LogP contribution is -2.38. The predicted octanol–water partition coefficient (Wildman–Crippen LogP) is 4.18. The second-order valence-electron chi connectivity index (χ2n) is 8.23. The molecule has 35 heavy (non-hydrogen) atoms. The van der Waals surface area contributed by atoms with E-state index in [-0.39, 0.29) is 16.0 Å². The van der Waals surface area contributed by atoms with E-state index in [9.17, 15) is 13.2 Å². The first-order chi connectivity index (χ1) is 16.7. The minimum Gasteiger partial charge on any atom is -0.493 e. The maximum atomic E-state index is 13.0. The van der Waals surface area contributed by atoms with Crippen LogP contribution in [0, 0.1) is 0 Å². The Labute approximate surface area is 212 Å². The van der Waals surface area contributed by atoms with Crippen LogP contribution in [0.4, 0.5) is 5.69 Å². The number of carbonyl (C=O) groups is 1. The van der Waals surface area contributed by atoms with Crippen LogP contribution in [0.5, 0.6) is 11.5 Å². The minimum absolute atomic E-state index is 0.0430. The molecule has 1 saturated carbocycles.